The summed E-state index contributed by atoms with van der Waals surface area (Å²) in [4.78, 5) is 28.0. The lowest BCUT2D eigenvalue weighted by Crippen LogP contribution is -2.30. The van der Waals surface area contributed by atoms with Crippen molar-refractivity contribution in [1.82, 2.24) is 10.1 Å². The van der Waals surface area contributed by atoms with Gasteiger partial charge in [0.15, 0.2) is 0 Å². The van der Waals surface area contributed by atoms with E-state index in [0.29, 0.717) is 35.7 Å². The van der Waals surface area contributed by atoms with Gasteiger partial charge in [-0.15, -0.1) is 11.8 Å². The van der Waals surface area contributed by atoms with Crippen molar-refractivity contribution in [3.05, 3.63) is 76.7 Å². The molecule has 6 nitrogen and oxygen atoms in total. The van der Waals surface area contributed by atoms with Crippen LogP contribution in [0, 0.1) is 13.8 Å². The van der Waals surface area contributed by atoms with E-state index in [1.807, 2.05) is 52.0 Å². The molecule has 0 saturated heterocycles. The molecule has 7 heteroatoms. The number of carbonyl (C=O) groups excluding carboxylic acids is 2. The van der Waals surface area contributed by atoms with E-state index in [1.165, 1.54) is 0 Å². The standard InChI is InChI=1S/C24H27N3O3S/c1-5-27(6-2)24(29)18-11-13-19(14-12-18)25-23(28)20-9-7-8-10-22(20)31-15-21-16(3)26-30-17(21)4/h7-14H,5-6,15H2,1-4H3,(H,25,28). The number of thioether (sulfide) groups is 1. The highest BCUT2D eigenvalue weighted by Crippen LogP contribution is 2.29. The monoisotopic (exact) mass is 437 g/mol. The van der Waals surface area contributed by atoms with Crippen LogP contribution in [0.5, 0.6) is 0 Å². The maximum Gasteiger partial charge on any atom is 0.256 e. The van der Waals surface area contributed by atoms with Crippen molar-refractivity contribution in [3.63, 3.8) is 0 Å². The Morgan fingerprint density at radius 3 is 2.32 bits per heavy atom. The van der Waals surface area contributed by atoms with Gasteiger partial charge in [0.1, 0.15) is 5.76 Å². The van der Waals surface area contributed by atoms with E-state index in [1.54, 1.807) is 40.9 Å². The zero-order valence-electron chi connectivity index (χ0n) is 18.3. The van der Waals surface area contributed by atoms with Crippen LogP contribution in [0.2, 0.25) is 0 Å². The Kier molecular flexibility index (Phi) is 7.52. The van der Waals surface area contributed by atoms with Gasteiger partial charge in [-0.3, -0.25) is 9.59 Å². The highest BCUT2D eigenvalue weighted by atomic mass is 32.2. The highest BCUT2D eigenvalue weighted by Gasteiger charge is 2.16. The summed E-state index contributed by atoms with van der Waals surface area (Å²) in [6.07, 6.45) is 0. The van der Waals surface area contributed by atoms with Crippen LogP contribution in [0.25, 0.3) is 0 Å². The zero-order chi connectivity index (χ0) is 22.4. The Hall–Kier alpha value is -3.06. The molecule has 0 aliphatic heterocycles. The van der Waals surface area contributed by atoms with Crippen LogP contribution in [-0.4, -0.2) is 35.0 Å². The molecule has 2 aromatic carbocycles. The third kappa shape index (κ3) is 5.35. The van der Waals surface area contributed by atoms with Gasteiger partial charge in [-0.2, -0.15) is 0 Å². The van der Waals surface area contributed by atoms with Crippen molar-refractivity contribution in [1.29, 1.82) is 0 Å². The number of nitrogens with one attached hydrogen (secondary N) is 1. The Labute approximate surface area is 187 Å². The fourth-order valence-corrected chi connectivity index (χ4v) is 4.43. The second kappa shape index (κ2) is 10.3. The third-order valence-electron chi connectivity index (χ3n) is 5.13. The van der Waals surface area contributed by atoms with Gasteiger partial charge in [0.2, 0.25) is 0 Å². The highest BCUT2D eigenvalue weighted by molar-refractivity contribution is 7.98. The van der Waals surface area contributed by atoms with Crippen molar-refractivity contribution >= 4 is 29.3 Å². The van der Waals surface area contributed by atoms with E-state index < -0.39 is 0 Å². The molecule has 1 heterocycles. The molecule has 3 aromatic rings. The van der Waals surface area contributed by atoms with Crippen molar-refractivity contribution in [2.45, 2.75) is 38.3 Å². The second-order valence-electron chi connectivity index (χ2n) is 7.10. The van der Waals surface area contributed by atoms with Gasteiger partial charge in [-0.1, -0.05) is 17.3 Å². The smallest absolute Gasteiger partial charge is 0.256 e. The summed E-state index contributed by atoms with van der Waals surface area (Å²) in [6, 6.07) is 14.5. The first-order chi connectivity index (χ1) is 14.9. The lowest BCUT2D eigenvalue weighted by Gasteiger charge is -2.18. The minimum absolute atomic E-state index is 0.0102. The van der Waals surface area contributed by atoms with Crippen LogP contribution in [0.1, 0.15) is 51.6 Å². The van der Waals surface area contributed by atoms with Crippen LogP contribution in [0.15, 0.2) is 57.9 Å². The van der Waals surface area contributed by atoms with E-state index in [-0.39, 0.29) is 11.8 Å². The SMILES string of the molecule is CCN(CC)C(=O)c1ccc(NC(=O)c2ccccc2SCc2c(C)noc2C)cc1. The maximum atomic E-state index is 12.9. The number of benzene rings is 2. The number of carbonyl (C=O) groups is 2. The van der Waals surface area contributed by atoms with Crippen LogP contribution >= 0.6 is 11.8 Å². The van der Waals surface area contributed by atoms with Gasteiger partial charge in [0.25, 0.3) is 11.8 Å². The summed E-state index contributed by atoms with van der Waals surface area (Å²) < 4.78 is 5.23. The van der Waals surface area contributed by atoms with Crippen LogP contribution < -0.4 is 5.32 Å². The van der Waals surface area contributed by atoms with Crippen LogP contribution in [-0.2, 0) is 5.75 Å². The predicted octanol–water partition coefficient (Wildman–Crippen LogP) is 5.32. The van der Waals surface area contributed by atoms with E-state index in [4.69, 9.17) is 4.52 Å². The summed E-state index contributed by atoms with van der Waals surface area (Å²) in [5.74, 6) is 1.27. The van der Waals surface area contributed by atoms with E-state index in [9.17, 15) is 9.59 Å². The first kappa shape index (κ1) is 22.6. The molecule has 0 atom stereocenters. The number of aryl methyl sites for hydroxylation is 2. The van der Waals surface area contributed by atoms with Crippen molar-refractivity contribution in [2.75, 3.05) is 18.4 Å². The number of nitrogens with zero attached hydrogens (tertiary/aromatic N) is 2. The summed E-state index contributed by atoms with van der Waals surface area (Å²) in [5.41, 5.74) is 3.77. The van der Waals surface area contributed by atoms with Gasteiger partial charge < -0.3 is 14.7 Å². The topological polar surface area (TPSA) is 75.4 Å². The summed E-state index contributed by atoms with van der Waals surface area (Å²) >= 11 is 1.58. The van der Waals surface area contributed by atoms with E-state index in [0.717, 1.165) is 21.9 Å². The molecule has 0 spiro atoms. The number of hydrogen-bond acceptors (Lipinski definition) is 5. The van der Waals surface area contributed by atoms with Gasteiger partial charge >= 0.3 is 0 Å². The molecule has 0 aliphatic carbocycles. The fourth-order valence-electron chi connectivity index (χ4n) is 3.23. The lowest BCUT2D eigenvalue weighted by atomic mass is 10.1. The van der Waals surface area contributed by atoms with Gasteiger partial charge in [-0.25, -0.2) is 0 Å². The number of aromatic nitrogens is 1. The van der Waals surface area contributed by atoms with Crippen molar-refractivity contribution < 1.29 is 14.1 Å². The molecule has 2 amide bonds. The second-order valence-corrected chi connectivity index (χ2v) is 8.11. The Morgan fingerprint density at radius 2 is 1.71 bits per heavy atom. The molecule has 1 aromatic heterocycles. The van der Waals surface area contributed by atoms with Crippen molar-refractivity contribution in [2.24, 2.45) is 0 Å². The summed E-state index contributed by atoms with van der Waals surface area (Å²) in [5, 5.41) is 6.92. The first-order valence-corrected chi connectivity index (χ1v) is 11.3. The fraction of sp³-hybridized carbons (Fsp3) is 0.292. The molecule has 3 rings (SSSR count). The lowest BCUT2D eigenvalue weighted by molar-refractivity contribution is 0.0773. The minimum atomic E-state index is -0.190. The summed E-state index contributed by atoms with van der Waals surface area (Å²) in [6.45, 7) is 9.05. The van der Waals surface area contributed by atoms with Crippen LogP contribution in [0.3, 0.4) is 0 Å². The first-order valence-electron chi connectivity index (χ1n) is 10.3. The molecular weight excluding hydrogens is 410 g/mol. The number of rotatable bonds is 8. The average molecular weight is 438 g/mol. The molecule has 0 radical (unpaired) electrons. The third-order valence-corrected chi connectivity index (χ3v) is 6.23. The van der Waals surface area contributed by atoms with Gasteiger partial charge in [0.05, 0.1) is 11.3 Å². The van der Waals surface area contributed by atoms with Gasteiger partial charge in [0, 0.05) is 40.6 Å². The minimum Gasteiger partial charge on any atom is -0.361 e. The van der Waals surface area contributed by atoms with E-state index >= 15 is 0 Å². The molecule has 0 bridgehead atoms. The number of anilines is 1. The molecule has 162 valence electrons. The summed E-state index contributed by atoms with van der Waals surface area (Å²) in [7, 11) is 0. The molecule has 0 fully saturated rings. The molecule has 1 N–H and O–H groups in total. The molecule has 0 unspecified atom stereocenters. The largest absolute Gasteiger partial charge is 0.361 e. The molecular formula is C24H27N3O3S. The Morgan fingerprint density at radius 1 is 1.03 bits per heavy atom. The van der Waals surface area contributed by atoms with Crippen molar-refractivity contribution in [3.8, 4) is 0 Å². The predicted molar refractivity (Wildman–Crippen MR) is 124 cm³/mol. The van der Waals surface area contributed by atoms with Gasteiger partial charge in [-0.05, 0) is 64.1 Å². The Bertz CT molecular complexity index is 1040. The Balaban J connectivity index is 1.70. The quantitative estimate of drug-likeness (QED) is 0.483. The van der Waals surface area contributed by atoms with E-state index in [2.05, 4.69) is 10.5 Å². The molecule has 0 saturated carbocycles. The average Bonchev–Trinajstić information content (AvgIpc) is 3.11. The maximum absolute atomic E-state index is 12.9. The molecule has 31 heavy (non-hydrogen) atoms. The zero-order valence-corrected chi connectivity index (χ0v) is 19.1. The number of amides is 2. The molecule has 0 aliphatic rings. The number of hydrogen-bond donors (Lipinski definition) is 1. The van der Waals surface area contributed by atoms with Crippen LogP contribution in [0.4, 0.5) is 5.69 Å². The normalized spacial score (nSPS) is 10.7.